The lowest BCUT2D eigenvalue weighted by atomic mass is 9.75. The van der Waals surface area contributed by atoms with Crippen molar-refractivity contribution in [3.63, 3.8) is 0 Å². The van der Waals surface area contributed by atoms with Gasteiger partial charge in [-0.25, -0.2) is 0 Å². The lowest BCUT2D eigenvalue weighted by Gasteiger charge is -2.45. The number of amides is 1. The number of halogens is 2. The maximum Gasteiger partial charge on any atom is 0.249 e. The summed E-state index contributed by atoms with van der Waals surface area (Å²) in [6.07, 6.45) is 6.28. The molecule has 2 rings (SSSR count). The molecule has 23 heavy (non-hydrogen) atoms. The van der Waals surface area contributed by atoms with Gasteiger partial charge in [-0.1, -0.05) is 19.8 Å². The Morgan fingerprint density at radius 2 is 2.00 bits per heavy atom. The molecule has 1 heterocycles. The van der Waals surface area contributed by atoms with E-state index in [0.29, 0.717) is 6.54 Å². The van der Waals surface area contributed by atoms with E-state index in [2.05, 4.69) is 31.2 Å². The molecule has 1 aliphatic heterocycles. The lowest BCUT2D eigenvalue weighted by molar-refractivity contribution is -0.132. The Bertz CT molecular complexity index is 371. The highest BCUT2D eigenvalue weighted by molar-refractivity contribution is 5.85. The number of nitrogens with one attached hydrogen (secondary N) is 1. The predicted octanol–water partition coefficient (Wildman–Crippen LogP) is 1.96. The Hall–Kier alpha value is -0.0700. The van der Waals surface area contributed by atoms with Gasteiger partial charge in [0.15, 0.2) is 0 Å². The summed E-state index contributed by atoms with van der Waals surface area (Å²) in [7, 11) is 4.25. The Labute approximate surface area is 152 Å². The summed E-state index contributed by atoms with van der Waals surface area (Å²) in [5.74, 6) is 0.757. The summed E-state index contributed by atoms with van der Waals surface area (Å²) in [5.41, 5.74) is 5.70. The SMILES string of the molecule is CC1CCCC(CNC(=O)[C@@H]2CC[C@H](CN)O2)(N(C)C)C1.Cl.Cl. The summed E-state index contributed by atoms with van der Waals surface area (Å²) in [6, 6.07) is 0. The van der Waals surface area contributed by atoms with E-state index in [4.69, 9.17) is 10.5 Å². The van der Waals surface area contributed by atoms with Crippen LogP contribution < -0.4 is 11.1 Å². The smallest absolute Gasteiger partial charge is 0.249 e. The molecule has 1 amide bonds. The van der Waals surface area contributed by atoms with Gasteiger partial charge < -0.3 is 20.7 Å². The predicted molar refractivity (Wildman–Crippen MR) is 98.5 cm³/mol. The molecular formula is C16H33Cl2N3O2. The number of carbonyl (C=O) groups excluding carboxylic acids is 1. The van der Waals surface area contributed by atoms with E-state index < -0.39 is 0 Å². The van der Waals surface area contributed by atoms with Crippen LogP contribution in [0.5, 0.6) is 0 Å². The minimum absolute atomic E-state index is 0. The Morgan fingerprint density at radius 3 is 2.52 bits per heavy atom. The molecule has 5 nitrogen and oxygen atoms in total. The first kappa shape index (κ1) is 22.9. The fourth-order valence-electron chi connectivity index (χ4n) is 3.79. The van der Waals surface area contributed by atoms with Crippen molar-refractivity contribution in [3.8, 4) is 0 Å². The first-order valence-electron chi connectivity index (χ1n) is 8.27. The van der Waals surface area contributed by atoms with E-state index in [1.165, 1.54) is 12.8 Å². The molecule has 2 unspecified atom stereocenters. The lowest BCUT2D eigenvalue weighted by Crippen LogP contribution is -2.56. The molecule has 3 N–H and O–H groups in total. The number of carbonyl (C=O) groups is 1. The summed E-state index contributed by atoms with van der Waals surface area (Å²) in [5, 5.41) is 3.14. The second-order valence-corrected chi connectivity index (χ2v) is 7.10. The van der Waals surface area contributed by atoms with Crippen molar-refractivity contribution in [1.29, 1.82) is 0 Å². The van der Waals surface area contributed by atoms with Crippen LogP contribution in [0.25, 0.3) is 0 Å². The maximum absolute atomic E-state index is 12.3. The minimum Gasteiger partial charge on any atom is -0.364 e. The van der Waals surface area contributed by atoms with Crippen molar-refractivity contribution in [3.05, 3.63) is 0 Å². The third-order valence-electron chi connectivity index (χ3n) is 5.27. The normalized spacial score (nSPS) is 33.7. The van der Waals surface area contributed by atoms with Gasteiger partial charge in [-0.05, 0) is 45.7 Å². The zero-order chi connectivity index (χ0) is 15.5. The van der Waals surface area contributed by atoms with Gasteiger partial charge in [0.1, 0.15) is 6.10 Å². The topological polar surface area (TPSA) is 67.6 Å². The van der Waals surface area contributed by atoms with Crippen LogP contribution in [0.3, 0.4) is 0 Å². The maximum atomic E-state index is 12.3. The van der Waals surface area contributed by atoms with Crippen LogP contribution in [0.15, 0.2) is 0 Å². The molecule has 1 aliphatic carbocycles. The van der Waals surface area contributed by atoms with Gasteiger partial charge in [0.25, 0.3) is 0 Å². The molecule has 2 aliphatic rings. The van der Waals surface area contributed by atoms with Crippen molar-refractivity contribution in [2.24, 2.45) is 11.7 Å². The Morgan fingerprint density at radius 1 is 1.30 bits per heavy atom. The molecule has 7 heteroatoms. The molecule has 2 fully saturated rings. The number of nitrogens with zero attached hydrogens (tertiary/aromatic N) is 1. The Kier molecular flexibility index (Phi) is 10.0. The van der Waals surface area contributed by atoms with E-state index in [0.717, 1.165) is 38.1 Å². The summed E-state index contributed by atoms with van der Waals surface area (Å²) in [4.78, 5) is 14.6. The molecule has 1 saturated carbocycles. The molecule has 0 bridgehead atoms. The molecular weight excluding hydrogens is 337 g/mol. The molecule has 0 radical (unpaired) electrons. The fourth-order valence-corrected chi connectivity index (χ4v) is 3.79. The second-order valence-electron chi connectivity index (χ2n) is 7.10. The van der Waals surface area contributed by atoms with Crippen molar-refractivity contribution < 1.29 is 9.53 Å². The van der Waals surface area contributed by atoms with Crippen molar-refractivity contribution in [1.82, 2.24) is 10.2 Å². The molecule has 138 valence electrons. The summed E-state index contributed by atoms with van der Waals surface area (Å²) in [6.45, 7) is 3.53. The standard InChI is InChI=1S/C16H31N3O2.2ClH/c1-12-5-4-8-16(9-12,19(2)3)11-18-15(20)14-7-6-13(10-17)21-14;;/h12-14H,4-11,17H2,1-3H3,(H,18,20);2*1H/t12?,13-,14+,16?;;/m1../s1. The number of nitrogens with two attached hydrogens (primary N) is 1. The van der Waals surface area contributed by atoms with Crippen LogP contribution in [0.4, 0.5) is 0 Å². The van der Waals surface area contributed by atoms with E-state index in [-0.39, 0.29) is 48.5 Å². The van der Waals surface area contributed by atoms with Crippen LogP contribution in [0, 0.1) is 5.92 Å². The van der Waals surface area contributed by atoms with E-state index >= 15 is 0 Å². The van der Waals surface area contributed by atoms with Crippen LogP contribution in [-0.2, 0) is 9.53 Å². The van der Waals surface area contributed by atoms with Crippen LogP contribution in [0.2, 0.25) is 0 Å². The molecule has 0 aromatic heterocycles. The first-order chi connectivity index (χ1) is 9.97. The van der Waals surface area contributed by atoms with Crippen LogP contribution in [-0.4, -0.2) is 55.7 Å². The van der Waals surface area contributed by atoms with Crippen LogP contribution >= 0.6 is 24.8 Å². The monoisotopic (exact) mass is 369 g/mol. The first-order valence-corrected chi connectivity index (χ1v) is 8.27. The van der Waals surface area contributed by atoms with Gasteiger partial charge in [-0.2, -0.15) is 0 Å². The van der Waals surface area contributed by atoms with Gasteiger partial charge in [0, 0.05) is 18.6 Å². The largest absolute Gasteiger partial charge is 0.364 e. The summed E-state index contributed by atoms with van der Waals surface area (Å²) < 4.78 is 5.68. The Balaban J connectivity index is 0.00000242. The van der Waals surface area contributed by atoms with Gasteiger partial charge in [0.05, 0.1) is 6.10 Å². The molecule has 4 atom stereocenters. The molecule has 0 aromatic carbocycles. The van der Waals surface area contributed by atoms with Gasteiger partial charge >= 0.3 is 0 Å². The van der Waals surface area contributed by atoms with Crippen molar-refractivity contribution in [2.75, 3.05) is 27.2 Å². The number of likely N-dealkylation sites (N-methyl/N-ethyl adjacent to an activating group) is 1. The van der Waals surface area contributed by atoms with Crippen molar-refractivity contribution in [2.45, 2.75) is 63.2 Å². The van der Waals surface area contributed by atoms with Gasteiger partial charge in [0.2, 0.25) is 5.91 Å². The van der Waals surface area contributed by atoms with E-state index in [1.54, 1.807) is 0 Å². The third kappa shape index (κ3) is 5.75. The third-order valence-corrected chi connectivity index (χ3v) is 5.27. The highest BCUT2D eigenvalue weighted by Gasteiger charge is 2.38. The zero-order valence-corrected chi connectivity index (χ0v) is 16.2. The minimum atomic E-state index is -0.307. The van der Waals surface area contributed by atoms with E-state index in [1.807, 2.05) is 0 Å². The van der Waals surface area contributed by atoms with Crippen LogP contribution in [0.1, 0.15) is 45.4 Å². The number of hydrogen-bond acceptors (Lipinski definition) is 4. The van der Waals surface area contributed by atoms with Crippen molar-refractivity contribution >= 4 is 30.7 Å². The molecule has 0 spiro atoms. The summed E-state index contributed by atoms with van der Waals surface area (Å²) >= 11 is 0. The molecule has 0 aromatic rings. The number of hydrogen-bond donors (Lipinski definition) is 2. The number of rotatable bonds is 5. The van der Waals surface area contributed by atoms with Gasteiger partial charge in [-0.15, -0.1) is 24.8 Å². The highest BCUT2D eigenvalue weighted by atomic mass is 35.5. The number of ether oxygens (including phenoxy) is 1. The highest BCUT2D eigenvalue weighted by Crippen LogP contribution is 2.35. The molecule has 1 saturated heterocycles. The van der Waals surface area contributed by atoms with E-state index in [9.17, 15) is 4.79 Å². The fraction of sp³-hybridized carbons (Fsp3) is 0.938. The average molecular weight is 370 g/mol. The van der Waals surface area contributed by atoms with Gasteiger partial charge in [-0.3, -0.25) is 4.79 Å². The zero-order valence-electron chi connectivity index (χ0n) is 14.5. The second kappa shape index (κ2) is 10.0. The quantitative estimate of drug-likeness (QED) is 0.777. The average Bonchev–Trinajstić information content (AvgIpc) is 2.93.